The van der Waals surface area contributed by atoms with E-state index in [-0.39, 0.29) is 33.2 Å². The summed E-state index contributed by atoms with van der Waals surface area (Å²) >= 11 is 18.5. The molecule has 1 aromatic carbocycles. The highest BCUT2D eigenvalue weighted by atomic mass is 35.5. The molecule has 2 aliphatic heterocycles. The third-order valence-corrected chi connectivity index (χ3v) is 8.05. The van der Waals surface area contributed by atoms with Crippen LogP contribution in [0.4, 0.5) is 4.79 Å². The lowest BCUT2D eigenvalue weighted by molar-refractivity contribution is 0.127. The summed E-state index contributed by atoms with van der Waals surface area (Å²) in [5.41, 5.74) is 4.19. The highest BCUT2D eigenvalue weighted by Crippen LogP contribution is 2.39. The fourth-order valence-corrected chi connectivity index (χ4v) is 6.45. The van der Waals surface area contributed by atoms with Crippen molar-refractivity contribution in [1.82, 2.24) is 20.2 Å². The second-order valence-electron chi connectivity index (χ2n) is 8.53. The third kappa shape index (κ3) is 5.42. The molecule has 4 heterocycles. The number of furan rings is 1. The van der Waals surface area contributed by atoms with Crippen LogP contribution in [0.1, 0.15) is 36.3 Å². The van der Waals surface area contributed by atoms with E-state index in [4.69, 9.17) is 44.0 Å². The Morgan fingerprint density at radius 2 is 1.86 bits per heavy atom. The zero-order chi connectivity index (χ0) is 25.4. The summed E-state index contributed by atoms with van der Waals surface area (Å²) in [5.74, 6) is -0.416. The topological polar surface area (TPSA) is 107 Å². The number of hydrazine groups is 1. The molecule has 1 fully saturated rings. The zero-order valence-electron chi connectivity index (χ0n) is 18.8. The summed E-state index contributed by atoms with van der Waals surface area (Å²) < 4.78 is 38.2. The minimum Gasteiger partial charge on any atom is -0.445 e. The van der Waals surface area contributed by atoms with Gasteiger partial charge in [-0.3, -0.25) is 5.43 Å². The number of halogens is 3. The van der Waals surface area contributed by atoms with Crippen LogP contribution in [0.2, 0.25) is 15.3 Å². The standard InChI is InChI=1S/C23H21Cl3N4O5S/c24-15-4-6-19(18(25)11-15)30-21-14(10-16-5-7-20(26)34-16)12-36(32,33)13-17(21)22(27-30)35-23(31)28-29-8-2-1-3-9-29/h4-7,10-11H,1-3,8-9,12-13H2,(H,28,31)/b14-10+. The second kappa shape index (κ2) is 10.1. The number of hydrogen-bond donors (Lipinski definition) is 1. The first-order chi connectivity index (χ1) is 17.2. The summed E-state index contributed by atoms with van der Waals surface area (Å²) in [5, 5.41) is 7.11. The number of nitrogens with one attached hydrogen (secondary N) is 1. The van der Waals surface area contributed by atoms with Gasteiger partial charge in [-0.1, -0.05) is 29.6 Å². The molecule has 5 rings (SSSR count). The van der Waals surface area contributed by atoms with E-state index in [9.17, 15) is 13.2 Å². The van der Waals surface area contributed by atoms with Crippen molar-refractivity contribution < 1.29 is 22.4 Å². The number of sulfone groups is 1. The van der Waals surface area contributed by atoms with Crippen LogP contribution in [0.5, 0.6) is 5.88 Å². The van der Waals surface area contributed by atoms with Crippen molar-refractivity contribution >= 4 is 62.4 Å². The van der Waals surface area contributed by atoms with Crippen LogP contribution >= 0.6 is 34.8 Å². The number of benzene rings is 1. The molecule has 2 aromatic heterocycles. The Morgan fingerprint density at radius 1 is 1.08 bits per heavy atom. The lowest BCUT2D eigenvalue weighted by Gasteiger charge is -2.26. The van der Waals surface area contributed by atoms with Crippen molar-refractivity contribution in [2.45, 2.75) is 25.0 Å². The number of rotatable bonds is 4. The van der Waals surface area contributed by atoms with Crippen LogP contribution in [0.25, 0.3) is 17.3 Å². The Balaban J connectivity index is 1.61. The molecule has 3 aromatic rings. The molecule has 1 amide bonds. The van der Waals surface area contributed by atoms with Crippen LogP contribution in [-0.2, 0) is 15.6 Å². The van der Waals surface area contributed by atoms with Crippen LogP contribution in [0.15, 0.2) is 34.7 Å². The van der Waals surface area contributed by atoms with E-state index in [1.807, 2.05) is 0 Å². The molecule has 1 saturated heterocycles. The zero-order valence-corrected chi connectivity index (χ0v) is 21.9. The third-order valence-electron chi connectivity index (χ3n) is 5.83. The van der Waals surface area contributed by atoms with Crippen LogP contribution in [0, 0.1) is 0 Å². The normalized spacial score (nSPS) is 18.7. The van der Waals surface area contributed by atoms with Crippen molar-refractivity contribution in [2.24, 2.45) is 0 Å². The van der Waals surface area contributed by atoms with E-state index in [2.05, 4.69) is 10.5 Å². The summed E-state index contributed by atoms with van der Waals surface area (Å²) in [7, 11) is -3.60. The van der Waals surface area contributed by atoms with Crippen LogP contribution in [0.3, 0.4) is 0 Å². The predicted molar refractivity (Wildman–Crippen MR) is 137 cm³/mol. The summed E-state index contributed by atoms with van der Waals surface area (Å²) in [6, 6.07) is 8.01. The van der Waals surface area contributed by atoms with Crippen molar-refractivity contribution in [1.29, 1.82) is 0 Å². The molecule has 0 atom stereocenters. The number of fused-ring (bicyclic) bond motifs is 1. The van der Waals surface area contributed by atoms with Gasteiger partial charge in [0.05, 0.1) is 33.5 Å². The van der Waals surface area contributed by atoms with Gasteiger partial charge in [0, 0.05) is 18.1 Å². The molecule has 0 aliphatic carbocycles. The minimum absolute atomic E-state index is 0.128. The lowest BCUT2D eigenvalue weighted by atomic mass is 10.1. The van der Waals surface area contributed by atoms with Crippen molar-refractivity contribution in [2.75, 3.05) is 18.8 Å². The van der Waals surface area contributed by atoms with Gasteiger partial charge in [0.1, 0.15) is 5.76 Å². The average Bonchev–Trinajstić information content (AvgIpc) is 3.36. The van der Waals surface area contributed by atoms with E-state index in [0.717, 1.165) is 19.3 Å². The SMILES string of the molecule is O=C(NN1CCCCC1)Oc1nn(-c2ccc(Cl)cc2Cl)c2c1CS(=O)(=O)C/C2=C\c1ccc(Cl)o1. The molecule has 2 aliphatic rings. The van der Waals surface area contributed by atoms with Gasteiger partial charge in [-0.05, 0) is 66.4 Å². The van der Waals surface area contributed by atoms with Gasteiger partial charge in [-0.15, -0.1) is 5.10 Å². The maximum Gasteiger partial charge on any atom is 0.428 e. The Morgan fingerprint density at radius 3 is 2.56 bits per heavy atom. The smallest absolute Gasteiger partial charge is 0.428 e. The molecule has 190 valence electrons. The molecule has 9 nitrogen and oxygen atoms in total. The fraction of sp³-hybridized carbons (Fsp3) is 0.304. The molecule has 1 N–H and O–H groups in total. The first kappa shape index (κ1) is 25.2. The van der Waals surface area contributed by atoms with Gasteiger partial charge in [-0.25, -0.2) is 22.9 Å². The number of ether oxygens (including phenoxy) is 1. The highest BCUT2D eigenvalue weighted by molar-refractivity contribution is 7.91. The monoisotopic (exact) mass is 570 g/mol. The van der Waals surface area contributed by atoms with E-state index < -0.39 is 15.9 Å². The van der Waals surface area contributed by atoms with E-state index >= 15 is 0 Å². The number of amides is 1. The molecule has 13 heteroatoms. The number of carbonyl (C=O) groups is 1. The maximum atomic E-state index is 12.9. The Hall–Kier alpha value is -2.50. The molecular formula is C23H21Cl3N4O5S. The number of piperidine rings is 1. The number of hydrogen-bond acceptors (Lipinski definition) is 7. The first-order valence-electron chi connectivity index (χ1n) is 11.2. The summed E-state index contributed by atoms with van der Waals surface area (Å²) in [6.45, 7) is 1.41. The van der Waals surface area contributed by atoms with Crippen molar-refractivity contribution in [3.63, 3.8) is 0 Å². The second-order valence-corrected chi connectivity index (χ2v) is 11.8. The van der Waals surface area contributed by atoms with Gasteiger partial charge in [-0.2, -0.15) is 0 Å². The summed E-state index contributed by atoms with van der Waals surface area (Å²) in [4.78, 5) is 12.7. The quantitative estimate of drug-likeness (QED) is 0.448. The maximum absolute atomic E-state index is 12.9. The Kier molecular flexibility index (Phi) is 7.06. The van der Waals surface area contributed by atoms with Gasteiger partial charge in [0.25, 0.3) is 0 Å². The number of aromatic nitrogens is 2. The molecule has 0 spiro atoms. The van der Waals surface area contributed by atoms with E-state index in [0.29, 0.717) is 40.8 Å². The highest BCUT2D eigenvalue weighted by Gasteiger charge is 2.35. The molecular weight excluding hydrogens is 551 g/mol. The van der Waals surface area contributed by atoms with E-state index in [1.165, 1.54) is 4.68 Å². The van der Waals surface area contributed by atoms with Gasteiger partial charge < -0.3 is 9.15 Å². The van der Waals surface area contributed by atoms with Crippen LogP contribution in [-0.4, -0.2) is 48.1 Å². The molecule has 0 unspecified atom stereocenters. The predicted octanol–water partition coefficient (Wildman–Crippen LogP) is 5.38. The van der Waals surface area contributed by atoms with Crippen molar-refractivity contribution in [3.8, 4) is 11.6 Å². The fourth-order valence-electron chi connectivity index (χ4n) is 4.31. The summed E-state index contributed by atoms with van der Waals surface area (Å²) in [6.07, 6.45) is 3.84. The first-order valence-corrected chi connectivity index (χ1v) is 14.1. The van der Waals surface area contributed by atoms with Gasteiger partial charge >= 0.3 is 6.09 Å². The molecule has 0 radical (unpaired) electrons. The van der Waals surface area contributed by atoms with Gasteiger partial charge in [0.15, 0.2) is 15.1 Å². The molecule has 36 heavy (non-hydrogen) atoms. The van der Waals surface area contributed by atoms with Gasteiger partial charge in [0.2, 0.25) is 5.88 Å². The molecule has 0 saturated carbocycles. The lowest BCUT2D eigenvalue weighted by Crippen LogP contribution is -2.46. The largest absolute Gasteiger partial charge is 0.445 e. The number of carbonyl (C=O) groups excluding carboxylic acids is 1. The average molecular weight is 572 g/mol. The molecule has 0 bridgehead atoms. The Labute approximate surface area is 222 Å². The van der Waals surface area contributed by atoms with E-state index in [1.54, 1.807) is 41.4 Å². The van der Waals surface area contributed by atoms with Crippen LogP contribution < -0.4 is 10.2 Å². The van der Waals surface area contributed by atoms with Crippen molar-refractivity contribution in [3.05, 3.63) is 62.6 Å². The Bertz CT molecular complexity index is 1460. The number of nitrogens with zero attached hydrogens (tertiary/aromatic N) is 3. The minimum atomic E-state index is -3.60.